The van der Waals surface area contributed by atoms with Gasteiger partial charge in [-0.2, -0.15) is 8.42 Å². The number of nitrogens with zero attached hydrogens (tertiary/aromatic N) is 1. The Morgan fingerprint density at radius 3 is 2.49 bits per heavy atom. The van der Waals surface area contributed by atoms with Crippen LogP contribution in [0.15, 0.2) is 0 Å². The summed E-state index contributed by atoms with van der Waals surface area (Å²) in [6.45, 7) is 4.73. The zero-order valence-electron chi connectivity index (χ0n) is 21.8. The summed E-state index contributed by atoms with van der Waals surface area (Å²) in [7, 11) is -2.47. The van der Waals surface area contributed by atoms with Crippen LogP contribution in [-0.2, 0) is 14.9 Å². The normalized spacial score (nSPS) is 42.3. The summed E-state index contributed by atoms with van der Waals surface area (Å²) in [5, 5.41) is 21.6. The van der Waals surface area contributed by atoms with Crippen LogP contribution in [0.3, 0.4) is 0 Å². The summed E-state index contributed by atoms with van der Waals surface area (Å²) in [5.41, 5.74) is 0.237. The van der Waals surface area contributed by atoms with Crippen LogP contribution in [0.4, 0.5) is 0 Å². The third kappa shape index (κ3) is 5.91. The largest absolute Gasteiger partial charge is 0.393 e. The molecular formula is C27H47NO6S. The lowest BCUT2D eigenvalue weighted by Gasteiger charge is -2.57. The Balaban J connectivity index is 1.37. The Bertz CT molecular complexity index is 864. The van der Waals surface area contributed by atoms with Gasteiger partial charge in [0, 0.05) is 20.0 Å². The van der Waals surface area contributed by atoms with Crippen LogP contribution in [0.2, 0.25) is 0 Å². The van der Waals surface area contributed by atoms with E-state index < -0.39 is 15.9 Å². The van der Waals surface area contributed by atoms with Gasteiger partial charge < -0.3 is 15.1 Å². The van der Waals surface area contributed by atoms with Crippen molar-refractivity contribution in [2.24, 2.45) is 46.8 Å². The fourth-order valence-electron chi connectivity index (χ4n) is 8.85. The minimum Gasteiger partial charge on any atom is -0.393 e. The minimum atomic E-state index is -4.07. The van der Waals surface area contributed by atoms with Gasteiger partial charge in [0.25, 0.3) is 10.1 Å². The topological polar surface area (TPSA) is 115 Å². The number of aliphatic hydroxyl groups excluding tert-OH is 2. The first-order valence-corrected chi connectivity index (χ1v) is 15.5. The second-order valence-corrected chi connectivity index (χ2v) is 14.4. The van der Waals surface area contributed by atoms with E-state index >= 15 is 0 Å². The van der Waals surface area contributed by atoms with Gasteiger partial charge in [0.15, 0.2) is 0 Å². The zero-order chi connectivity index (χ0) is 25.5. The van der Waals surface area contributed by atoms with Crippen LogP contribution in [0.25, 0.3) is 0 Å². The zero-order valence-corrected chi connectivity index (χ0v) is 22.6. The Kier molecular flexibility index (Phi) is 8.26. The van der Waals surface area contributed by atoms with E-state index in [9.17, 15) is 23.4 Å². The summed E-state index contributed by atoms with van der Waals surface area (Å²) < 4.78 is 30.9. The third-order valence-corrected chi connectivity index (χ3v) is 11.6. The molecule has 4 saturated carbocycles. The van der Waals surface area contributed by atoms with Crippen LogP contribution in [0, 0.1) is 46.8 Å². The number of carbonyl (C=O) groups excluding carboxylic acids is 1. The van der Waals surface area contributed by atoms with Crippen molar-refractivity contribution >= 4 is 16.0 Å². The molecule has 7 nitrogen and oxygen atoms in total. The average Bonchev–Trinajstić information content (AvgIpc) is 2.94. The summed E-state index contributed by atoms with van der Waals surface area (Å²) in [5.74, 6) is 3.13. The van der Waals surface area contributed by atoms with E-state index in [1.165, 1.54) is 24.2 Å². The molecular weight excluding hydrogens is 466 g/mol. The van der Waals surface area contributed by atoms with Crippen molar-refractivity contribution in [2.75, 3.05) is 19.3 Å². The van der Waals surface area contributed by atoms with E-state index in [1.807, 2.05) is 0 Å². The maximum absolute atomic E-state index is 12.5. The molecule has 4 aliphatic carbocycles. The van der Waals surface area contributed by atoms with Crippen LogP contribution >= 0.6 is 0 Å². The fraction of sp³-hybridized carbons (Fsp3) is 0.963. The predicted molar refractivity (Wildman–Crippen MR) is 135 cm³/mol. The van der Waals surface area contributed by atoms with Gasteiger partial charge in [-0.3, -0.25) is 9.35 Å². The van der Waals surface area contributed by atoms with E-state index in [0.29, 0.717) is 47.8 Å². The monoisotopic (exact) mass is 513 g/mol. The minimum absolute atomic E-state index is 0.0155. The van der Waals surface area contributed by atoms with Crippen molar-refractivity contribution < 1.29 is 28.0 Å². The first-order chi connectivity index (χ1) is 16.4. The lowest BCUT2D eigenvalue weighted by Crippen LogP contribution is -2.54. The summed E-state index contributed by atoms with van der Waals surface area (Å²) in [6, 6.07) is 0. The molecule has 4 rings (SSSR count). The molecule has 0 spiro atoms. The molecule has 0 aromatic carbocycles. The lowest BCUT2D eigenvalue weighted by atomic mass is 9.49. The molecule has 0 radical (unpaired) electrons. The van der Waals surface area contributed by atoms with Crippen molar-refractivity contribution in [1.82, 2.24) is 4.90 Å². The highest BCUT2D eigenvalue weighted by molar-refractivity contribution is 7.85. The molecule has 1 unspecified atom stereocenters. The van der Waals surface area contributed by atoms with Gasteiger partial charge in [-0.05, 0) is 111 Å². The first-order valence-electron chi connectivity index (χ1n) is 13.9. The highest BCUT2D eigenvalue weighted by Gasteiger charge is 2.56. The average molecular weight is 514 g/mol. The van der Waals surface area contributed by atoms with Gasteiger partial charge in [0.1, 0.15) is 0 Å². The molecule has 0 aromatic rings. The maximum atomic E-state index is 12.5. The molecule has 4 aliphatic rings. The molecule has 3 N–H and O–H groups in total. The molecule has 35 heavy (non-hydrogen) atoms. The first kappa shape index (κ1) is 27.3. The van der Waals surface area contributed by atoms with E-state index in [0.717, 1.165) is 44.9 Å². The molecule has 202 valence electrons. The molecule has 1 amide bonds. The van der Waals surface area contributed by atoms with E-state index in [2.05, 4.69) is 13.8 Å². The smallest absolute Gasteiger partial charge is 0.266 e. The van der Waals surface area contributed by atoms with Gasteiger partial charge in [-0.25, -0.2) is 0 Å². The van der Waals surface area contributed by atoms with Gasteiger partial charge in [0.05, 0.1) is 18.0 Å². The van der Waals surface area contributed by atoms with Crippen LogP contribution in [0.5, 0.6) is 0 Å². The Morgan fingerprint density at radius 1 is 1.06 bits per heavy atom. The Hall–Kier alpha value is -0.700. The van der Waals surface area contributed by atoms with E-state index in [1.54, 1.807) is 7.05 Å². The molecule has 10 atom stereocenters. The fourth-order valence-corrected chi connectivity index (χ4v) is 9.36. The summed E-state index contributed by atoms with van der Waals surface area (Å²) >= 11 is 0. The van der Waals surface area contributed by atoms with Crippen molar-refractivity contribution in [3.8, 4) is 0 Å². The number of hydrogen-bond donors (Lipinski definition) is 3. The summed E-state index contributed by atoms with van der Waals surface area (Å²) in [4.78, 5) is 13.9. The third-order valence-electron chi connectivity index (χ3n) is 10.9. The molecule has 2 bridgehead atoms. The summed E-state index contributed by atoms with van der Waals surface area (Å²) in [6.07, 6.45) is 10.3. The number of carbonyl (C=O) groups is 1. The van der Waals surface area contributed by atoms with Crippen molar-refractivity contribution in [3.63, 3.8) is 0 Å². The molecule has 8 heteroatoms. The standard InChI is InChI=1S/C27H47NO6S/c1-17(4-9-25(31)28(3)12-13-35(32,33)34)22-7-5-19-14-18(22)6-8-23-26(19)24(30)16-20-15-21(29)10-11-27(20,23)2/h17-24,26,29-30H,4-16H2,1-3H3,(H,32,33,34)/t17-,18-,19?,20+,21-,22-,23+,24-,26+,27+/m1/s1. The van der Waals surface area contributed by atoms with Crippen LogP contribution < -0.4 is 0 Å². The molecule has 0 saturated heterocycles. The Labute approximate surface area is 211 Å². The highest BCUT2D eigenvalue weighted by atomic mass is 32.2. The number of amides is 1. The van der Waals surface area contributed by atoms with E-state index in [4.69, 9.17) is 4.55 Å². The van der Waals surface area contributed by atoms with E-state index in [-0.39, 0.29) is 30.1 Å². The number of hydrogen-bond acceptors (Lipinski definition) is 5. The molecule has 0 aliphatic heterocycles. The van der Waals surface area contributed by atoms with Gasteiger partial charge in [-0.1, -0.05) is 13.8 Å². The van der Waals surface area contributed by atoms with Gasteiger partial charge in [0.2, 0.25) is 5.91 Å². The second-order valence-electron chi connectivity index (χ2n) is 12.8. The molecule has 0 aromatic heterocycles. The molecule has 4 fully saturated rings. The van der Waals surface area contributed by atoms with Crippen molar-refractivity contribution in [3.05, 3.63) is 0 Å². The van der Waals surface area contributed by atoms with Crippen LogP contribution in [0.1, 0.15) is 84.5 Å². The van der Waals surface area contributed by atoms with Crippen molar-refractivity contribution in [1.29, 1.82) is 0 Å². The maximum Gasteiger partial charge on any atom is 0.266 e. The van der Waals surface area contributed by atoms with Crippen LogP contribution in [-0.4, -0.2) is 65.5 Å². The quantitative estimate of drug-likeness (QED) is 0.447. The second kappa shape index (κ2) is 10.6. The lowest BCUT2D eigenvalue weighted by molar-refractivity contribution is -0.137. The van der Waals surface area contributed by atoms with Gasteiger partial charge in [-0.15, -0.1) is 0 Å². The molecule has 0 heterocycles. The number of fused-ring (bicyclic) bond motifs is 6. The number of rotatable bonds is 7. The van der Waals surface area contributed by atoms with Gasteiger partial charge >= 0.3 is 0 Å². The SMILES string of the molecule is C[C@H](CCC(=O)N(C)CCS(=O)(=O)O)[C@H]1CCC2C[C@H]1CC[C@H]1[C@H]2[C@H](O)C[C@@H]2C[C@H](O)CC[C@@]21C. The Morgan fingerprint density at radius 2 is 1.77 bits per heavy atom. The number of aliphatic hydroxyl groups is 2. The van der Waals surface area contributed by atoms with Crippen molar-refractivity contribution in [2.45, 2.75) is 96.7 Å². The highest BCUT2D eigenvalue weighted by Crippen LogP contribution is 2.62. The predicted octanol–water partition coefficient (Wildman–Crippen LogP) is 3.74.